The minimum atomic E-state index is -0.206. The summed E-state index contributed by atoms with van der Waals surface area (Å²) >= 11 is 7.03. The summed E-state index contributed by atoms with van der Waals surface area (Å²) in [4.78, 5) is 19.8. The van der Waals surface area contributed by atoms with Gasteiger partial charge in [-0.25, -0.2) is 4.99 Å². The molecular formula is C24H18Br2N2O3. The van der Waals surface area contributed by atoms with E-state index >= 15 is 0 Å². The van der Waals surface area contributed by atoms with E-state index in [4.69, 9.17) is 14.5 Å². The number of benzene rings is 3. The molecule has 0 atom stereocenters. The molecule has 3 aromatic rings. The first-order chi connectivity index (χ1) is 15.0. The van der Waals surface area contributed by atoms with Crippen LogP contribution in [0.5, 0.6) is 11.5 Å². The lowest BCUT2D eigenvalue weighted by Crippen LogP contribution is -2.32. The number of carbonyl (C=O) groups is 1. The molecule has 0 N–H and O–H groups in total. The fourth-order valence-corrected chi connectivity index (χ4v) is 4.00. The number of nitrogens with zero attached hydrogens (tertiary/aromatic N) is 2. The summed E-state index contributed by atoms with van der Waals surface area (Å²) in [5, 5.41) is 0. The van der Waals surface area contributed by atoms with Gasteiger partial charge in [-0.1, -0.05) is 56.1 Å². The van der Waals surface area contributed by atoms with Crippen LogP contribution in [0, 0.1) is 0 Å². The Morgan fingerprint density at radius 3 is 2.29 bits per heavy atom. The molecule has 0 radical (unpaired) electrons. The van der Waals surface area contributed by atoms with Gasteiger partial charge in [0.25, 0.3) is 5.91 Å². The van der Waals surface area contributed by atoms with Crippen LogP contribution < -0.4 is 14.4 Å². The fraction of sp³-hybridized carbons (Fsp3) is 0.0833. The number of hydrogen-bond donors (Lipinski definition) is 0. The monoisotopic (exact) mass is 540 g/mol. The summed E-state index contributed by atoms with van der Waals surface area (Å²) in [7, 11) is 3.16. The second kappa shape index (κ2) is 9.08. The average Bonchev–Trinajstić information content (AvgIpc) is 3.10. The Morgan fingerprint density at radius 2 is 1.61 bits per heavy atom. The first-order valence-electron chi connectivity index (χ1n) is 9.39. The Balaban J connectivity index is 1.83. The van der Waals surface area contributed by atoms with Crippen LogP contribution in [0.4, 0.5) is 5.69 Å². The van der Waals surface area contributed by atoms with Gasteiger partial charge in [-0.15, -0.1) is 0 Å². The van der Waals surface area contributed by atoms with Gasteiger partial charge in [-0.2, -0.15) is 0 Å². The molecule has 1 aliphatic rings. The Labute approximate surface area is 197 Å². The van der Waals surface area contributed by atoms with Gasteiger partial charge in [0.1, 0.15) is 11.5 Å². The van der Waals surface area contributed by atoms with Crippen molar-refractivity contribution in [1.82, 2.24) is 0 Å². The molecule has 5 nitrogen and oxygen atoms in total. The normalized spacial score (nSPS) is 14.7. The fourth-order valence-electron chi connectivity index (χ4n) is 3.27. The number of ether oxygens (including phenoxy) is 2. The lowest BCUT2D eigenvalue weighted by atomic mass is 10.1. The van der Waals surface area contributed by atoms with Crippen molar-refractivity contribution in [2.24, 2.45) is 4.99 Å². The second-order valence-corrected chi connectivity index (χ2v) is 8.45. The summed E-state index contributed by atoms with van der Waals surface area (Å²) in [5.41, 5.74) is 2.68. The van der Waals surface area contributed by atoms with Crippen LogP contribution in [0.2, 0.25) is 0 Å². The lowest BCUT2D eigenvalue weighted by molar-refractivity contribution is -0.113. The molecule has 3 aromatic carbocycles. The number of hydrogen-bond acceptors (Lipinski definition) is 4. The Hall–Kier alpha value is -2.90. The highest BCUT2D eigenvalue weighted by atomic mass is 79.9. The average molecular weight is 542 g/mol. The van der Waals surface area contributed by atoms with E-state index < -0.39 is 0 Å². The van der Waals surface area contributed by atoms with Crippen LogP contribution in [0.3, 0.4) is 0 Å². The van der Waals surface area contributed by atoms with Gasteiger partial charge in [0.15, 0.2) is 11.5 Å². The van der Waals surface area contributed by atoms with Gasteiger partial charge in [0.2, 0.25) is 0 Å². The molecule has 156 valence electrons. The van der Waals surface area contributed by atoms with Crippen molar-refractivity contribution in [3.05, 3.63) is 92.5 Å². The smallest absolute Gasteiger partial charge is 0.282 e. The highest BCUT2D eigenvalue weighted by Gasteiger charge is 2.33. The van der Waals surface area contributed by atoms with E-state index in [1.54, 1.807) is 31.3 Å². The third-order valence-electron chi connectivity index (χ3n) is 4.77. The predicted octanol–water partition coefficient (Wildman–Crippen LogP) is 6.06. The van der Waals surface area contributed by atoms with Crippen molar-refractivity contribution in [2.75, 3.05) is 19.1 Å². The molecule has 31 heavy (non-hydrogen) atoms. The van der Waals surface area contributed by atoms with Crippen molar-refractivity contribution >= 4 is 55.4 Å². The number of carbonyl (C=O) groups excluding carboxylic acids is 1. The van der Waals surface area contributed by atoms with Crippen molar-refractivity contribution < 1.29 is 14.3 Å². The standard InChI is InChI=1S/C24H18Br2N2O3/c1-30-21-12-7-15(14-22(21)31-2)13-20-24(29)28(17-10-8-16(25)9-11-17)23(27-20)18-5-3-4-6-19(18)26/h3-14H,1-2H3/b20-13+. The van der Waals surface area contributed by atoms with E-state index in [9.17, 15) is 4.79 Å². The molecule has 0 spiro atoms. The van der Waals surface area contributed by atoms with Crippen LogP contribution in [0.15, 0.2) is 86.4 Å². The molecule has 0 saturated carbocycles. The zero-order valence-electron chi connectivity index (χ0n) is 16.8. The quantitative estimate of drug-likeness (QED) is 0.369. The summed E-state index contributed by atoms with van der Waals surface area (Å²) in [5.74, 6) is 1.56. The second-order valence-electron chi connectivity index (χ2n) is 6.68. The Bertz CT molecular complexity index is 1200. The highest BCUT2D eigenvalue weighted by Crippen LogP contribution is 2.33. The maximum absolute atomic E-state index is 13.4. The largest absolute Gasteiger partial charge is 0.493 e. The van der Waals surface area contributed by atoms with Crippen molar-refractivity contribution in [3.8, 4) is 11.5 Å². The zero-order valence-corrected chi connectivity index (χ0v) is 20.0. The molecule has 7 heteroatoms. The first-order valence-corrected chi connectivity index (χ1v) is 11.0. The highest BCUT2D eigenvalue weighted by molar-refractivity contribution is 9.10. The lowest BCUT2D eigenvalue weighted by Gasteiger charge is -2.19. The molecule has 0 unspecified atom stereocenters. The minimum Gasteiger partial charge on any atom is -0.493 e. The van der Waals surface area contributed by atoms with Crippen molar-refractivity contribution in [3.63, 3.8) is 0 Å². The molecule has 1 amide bonds. The molecule has 0 fully saturated rings. The number of rotatable bonds is 5. The van der Waals surface area contributed by atoms with Gasteiger partial charge >= 0.3 is 0 Å². The summed E-state index contributed by atoms with van der Waals surface area (Å²) < 4.78 is 12.5. The van der Waals surface area contributed by atoms with E-state index in [0.29, 0.717) is 23.0 Å². The molecule has 0 aliphatic carbocycles. The molecule has 0 aromatic heterocycles. The number of aliphatic imine (C=N–C) groups is 1. The van der Waals surface area contributed by atoms with E-state index in [1.807, 2.05) is 60.7 Å². The molecule has 0 saturated heterocycles. The summed E-state index contributed by atoms with van der Waals surface area (Å²) in [6.45, 7) is 0. The van der Waals surface area contributed by atoms with Gasteiger partial charge < -0.3 is 9.47 Å². The predicted molar refractivity (Wildman–Crippen MR) is 130 cm³/mol. The van der Waals surface area contributed by atoms with E-state index in [-0.39, 0.29) is 5.91 Å². The summed E-state index contributed by atoms with van der Waals surface area (Å²) in [6.07, 6.45) is 1.75. The molecule has 0 bridgehead atoms. The third kappa shape index (κ3) is 4.29. The van der Waals surface area contributed by atoms with Crippen LogP contribution in [-0.2, 0) is 4.79 Å². The van der Waals surface area contributed by atoms with Gasteiger partial charge in [0.05, 0.1) is 19.9 Å². The molecular weight excluding hydrogens is 524 g/mol. The molecule has 1 aliphatic heterocycles. The Kier molecular flexibility index (Phi) is 6.25. The van der Waals surface area contributed by atoms with Gasteiger partial charge in [-0.3, -0.25) is 9.69 Å². The molecule has 1 heterocycles. The number of methoxy groups -OCH3 is 2. The van der Waals surface area contributed by atoms with E-state index in [0.717, 1.165) is 25.8 Å². The number of halogens is 2. The van der Waals surface area contributed by atoms with Crippen LogP contribution >= 0.6 is 31.9 Å². The number of amides is 1. The maximum Gasteiger partial charge on any atom is 0.282 e. The maximum atomic E-state index is 13.4. The first kappa shape index (κ1) is 21.3. The topological polar surface area (TPSA) is 51.1 Å². The Morgan fingerprint density at radius 1 is 0.903 bits per heavy atom. The zero-order chi connectivity index (χ0) is 22.0. The van der Waals surface area contributed by atoms with Gasteiger partial charge in [-0.05, 0) is 54.1 Å². The van der Waals surface area contributed by atoms with Crippen LogP contribution in [0.25, 0.3) is 6.08 Å². The van der Waals surface area contributed by atoms with E-state index in [1.165, 1.54) is 0 Å². The van der Waals surface area contributed by atoms with Gasteiger partial charge in [0, 0.05) is 14.5 Å². The van der Waals surface area contributed by atoms with Crippen LogP contribution in [-0.4, -0.2) is 26.0 Å². The third-order valence-corrected chi connectivity index (χ3v) is 5.99. The van der Waals surface area contributed by atoms with Crippen molar-refractivity contribution in [2.45, 2.75) is 0 Å². The minimum absolute atomic E-state index is 0.206. The van der Waals surface area contributed by atoms with Crippen molar-refractivity contribution in [1.29, 1.82) is 0 Å². The van der Waals surface area contributed by atoms with Crippen LogP contribution in [0.1, 0.15) is 11.1 Å². The van der Waals surface area contributed by atoms with E-state index in [2.05, 4.69) is 31.9 Å². The number of anilines is 1. The molecule has 4 rings (SSSR count). The number of amidine groups is 1. The summed E-state index contributed by atoms with van der Waals surface area (Å²) in [6, 6.07) is 20.7. The SMILES string of the molecule is COc1ccc(/C=C2/N=C(c3ccccc3Br)N(c3ccc(Br)cc3)C2=O)cc1OC.